The lowest BCUT2D eigenvalue weighted by Crippen LogP contribution is -2.39. The van der Waals surface area contributed by atoms with Gasteiger partial charge in [-0.1, -0.05) is 45.5 Å². The minimum absolute atomic E-state index is 0.102. The molecule has 0 aliphatic carbocycles. The van der Waals surface area contributed by atoms with Crippen molar-refractivity contribution >= 4 is 39.3 Å². The Kier molecular flexibility index (Phi) is 7.70. The Morgan fingerprint density at radius 1 is 1.22 bits per heavy atom. The highest BCUT2D eigenvalue weighted by Gasteiger charge is 2.33. The average molecular weight is 579 g/mol. The van der Waals surface area contributed by atoms with Crippen LogP contribution in [0.15, 0.2) is 68.0 Å². The molecule has 0 bridgehead atoms. The maximum Gasteiger partial charge on any atom is 0.387 e. The van der Waals surface area contributed by atoms with Crippen molar-refractivity contribution in [2.75, 3.05) is 13.7 Å². The number of halogens is 3. The van der Waals surface area contributed by atoms with Gasteiger partial charge in [0, 0.05) is 4.47 Å². The number of rotatable bonds is 7. The lowest BCUT2D eigenvalue weighted by atomic mass is 9.96. The topological polar surface area (TPSA) is 79.1 Å². The van der Waals surface area contributed by atoms with Gasteiger partial charge in [0.2, 0.25) is 0 Å². The molecule has 2 aromatic carbocycles. The maximum absolute atomic E-state index is 13.6. The van der Waals surface area contributed by atoms with E-state index in [0.29, 0.717) is 20.6 Å². The number of methoxy groups -OCH3 is 1. The molecule has 0 N–H and O–H groups in total. The molecular weight excluding hydrogens is 558 g/mol. The van der Waals surface area contributed by atoms with Crippen molar-refractivity contribution in [1.29, 1.82) is 0 Å². The molecule has 188 valence electrons. The highest BCUT2D eigenvalue weighted by molar-refractivity contribution is 9.10. The highest BCUT2D eigenvalue weighted by atomic mass is 79.9. The summed E-state index contributed by atoms with van der Waals surface area (Å²) in [6.45, 7) is 0.606. The number of ether oxygens (including phenoxy) is 3. The number of hydrogen-bond acceptors (Lipinski definition) is 7. The zero-order valence-corrected chi connectivity index (χ0v) is 21.9. The standard InChI is InChI=1S/C25H21BrF2N2O5S/c1-4-34-23(32)20-13(2)29-25-30(21(20)15-6-8-16(26)9-7-15)22(31)19(36-25)12-14-5-10-17(35-24(27)28)18(11-14)33-3/h5-12,21,24H,4H2,1-3H3. The van der Waals surface area contributed by atoms with Crippen LogP contribution in [0.1, 0.15) is 31.0 Å². The fraction of sp³-hybridized carbons (Fsp3) is 0.240. The molecule has 1 aromatic heterocycles. The average Bonchev–Trinajstić information content (AvgIpc) is 3.13. The molecule has 1 aliphatic heterocycles. The first-order valence-corrected chi connectivity index (χ1v) is 12.4. The molecule has 0 saturated heterocycles. The van der Waals surface area contributed by atoms with Gasteiger partial charge in [-0.2, -0.15) is 8.78 Å². The number of benzene rings is 2. The summed E-state index contributed by atoms with van der Waals surface area (Å²) >= 11 is 4.57. The van der Waals surface area contributed by atoms with E-state index in [1.54, 1.807) is 26.0 Å². The van der Waals surface area contributed by atoms with Crippen LogP contribution in [0, 0.1) is 0 Å². The molecule has 7 nitrogen and oxygen atoms in total. The molecular formula is C25H21BrF2N2O5S. The largest absolute Gasteiger partial charge is 0.493 e. The summed E-state index contributed by atoms with van der Waals surface area (Å²) in [5.41, 5.74) is 1.66. The number of carbonyl (C=O) groups is 1. The summed E-state index contributed by atoms with van der Waals surface area (Å²) in [5.74, 6) is -0.554. The molecule has 0 amide bonds. The van der Waals surface area contributed by atoms with E-state index in [0.717, 1.165) is 21.4 Å². The van der Waals surface area contributed by atoms with E-state index in [-0.39, 0.29) is 29.2 Å². The quantitative estimate of drug-likeness (QED) is 0.393. The Hall–Kier alpha value is -3.31. The van der Waals surface area contributed by atoms with Gasteiger partial charge in [0.15, 0.2) is 16.3 Å². The smallest absolute Gasteiger partial charge is 0.387 e. The van der Waals surface area contributed by atoms with Gasteiger partial charge in [-0.15, -0.1) is 0 Å². The van der Waals surface area contributed by atoms with Gasteiger partial charge < -0.3 is 14.2 Å². The summed E-state index contributed by atoms with van der Waals surface area (Å²) in [4.78, 5) is 31.5. The third kappa shape index (κ3) is 5.12. The molecule has 1 unspecified atom stereocenters. The van der Waals surface area contributed by atoms with Gasteiger partial charge in [-0.05, 0) is 55.3 Å². The fourth-order valence-corrected chi connectivity index (χ4v) is 5.18. The van der Waals surface area contributed by atoms with Gasteiger partial charge in [0.05, 0.1) is 35.6 Å². The SMILES string of the molecule is CCOC(=O)C1=C(C)N=c2sc(=Cc3ccc(OC(F)F)c(OC)c3)c(=O)n2C1c1ccc(Br)cc1. The second-order valence-corrected chi connectivity index (χ2v) is 9.57. The first-order valence-electron chi connectivity index (χ1n) is 10.8. The van der Waals surface area contributed by atoms with E-state index in [1.807, 2.05) is 24.3 Å². The molecule has 1 atom stereocenters. The minimum atomic E-state index is -3.00. The van der Waals surface area contributed by atoms with Gasteiger partial charge in [0.25, 0.3) is 5.56 Å². The van der Waals surface area contributed by atoms with Crippen LogP contribution in [0.5, 0.6) is 11.5 Å². The molecule has 0 saturated carbocycles. The number of esters is 1. The summed E-state index contributed by atoms with van der Waals surface area (Å²) in [6.07, 6.45) is 1.61. The van der Waals surface area contributed by atoms with Crippen LogP contribution in [-0.2, 0) is 9.53 Å². The lowest BCUT2D eigenvalue weighted by Gasteiger charge is -2.24. The van der Waals surface area contributed by atoms with Gasteiger partial charge >= 0.3 is 12.6 Å². The van der Waals surface area contributed by atoms with Crippen molar-refractivity contribution in [2.45, 2.75) is 26.5 Å². The highest BCUT2D eigenvalue weighted by Crippen LogP contribution is 2.32. The summed E-state index contributed by atoms with van der Waals surface area (Å²) in [6, 6.07) is 11.0. The molecule has 36 heavy (non-hydrogen) atoms. The lowest BCUT2D eigenvalue weighted by molar-refractivity contribution is -0.139. The van der Waals surface area contributed by atoms with Crippen LogP contribution < -0.4 is 24.4 Å². The van der Waals surface area contributed by atoms with Gasteiger partial charge in [0.1, 0.15) is 0 Å². The van der Waals surface area contributed by atoms with E-state index in [1.165, 1.54) is 23.8 Å². The first-order chi connectivity index (χ1) is 17.2. The summed E-state index contributed by atoms with van der Waals surface area (Å²) in [5, 5.41) is 0. The van der Waals surface area contributed by atoms with E-state index in [9.17, 15) is 18.4 Å². The molecule has 0 spiro atoms. The van der Waals surface area contributed by atoms with Crippen LogP contribution in [0.4, 0.5) is 8.78 Å². The van der Waals surface area contributed by atoms with Crippen molar-refractivity contribution in [1.82, 2.24) is 4.57 Å². The molecule has 3 aromatic rings. The molecule has 0 radical (unpaired) electrons. The van der Waals surface area contributed by atoms with Crippen LogP contribution in [0.2, 0.25) is 0 Å². The first kappa shape index (κ1) is 25.8. The monoisotopic (exact) mass is 578 g/mol. The zero-order valence-electron chi connectivity index (χ0n) is 19.5. The maximum atomic E-state index is 13.6. The predicted molar refractivity (Wildman–Crippen MR) is 134 cm³/mol. The number of allylic oxidation sites excluding steroid dienone is 1. The number of fused-ring (bicyclic) bond motifs is 1. The zero-order chi connectivity index (χ0) is 26.0. The van der Waals surface area contributed by atoms with Gasteiger partial charge in [-0.3, -0.25) is 9.36 Å². The minimum Gasteiger partial charge on any atom is -0.493 e. The number of hydrogen-bond donors (Lipinski definition) is 0. The van der Waals surface area contributed by atoms with Crippen LogP contribution in [0.3, 0.4) is 0 Å². The molecule has 2 heterocycles. The number of nitrogens with zero attached hydrogens (tertiary/aromatic N) is 2. The molecule has 0 fully saturated rings. The van der Waals surface area contributed by atoms with Crippen molar-refractivity contribution in [3.8, 4) is 11.5 Å². The van der Waals surface area contributed by atoms with E-state index >= 15 is 0 Å². The Labute approximate surface area is 217 Å². The Morgan fingerprint density at radius 3 is 2.58 bits per heavy atom. The van der Waals surface area contributed by atoms with Crippen LogP contribution >= 0.6 is 27.3 Å². The second kappa shape index (κ2) is 10.8. The fourth-order valence-electron chi connectivity index (χ4n) is 3.87. The van der Waals surface area contributed by atoms with Crippen molar-refractivity contribution < 1.29 is 27.8 Å². The van der Waals surface area contributed by atoms with Crippen LogP contribution in [-0.4, -0.2) is 30.9 Å². The van der Waals surface area contributed by atoms with Crippen molar-refractivity contribution in [2.24, 2.45) is 4.99 Å². The van der Waals surface area contributed by atoms with Crippen molar-refractivity contribution in [3.63, 3.8) is 0 Å². The predicted octanol–water partition coefficient (Wildman–Crippen LogP) is 4.17. The summed E-state index contributed by atoms with van der Waals surface area (Å²) < 4.78 is 42.9. The third-order valence-electron chi connectivity index (χ3n) is 5.40. The molecule has 11 heteroatoms. The third-order valence-corrected chi connectivity index (χ3v) is 6.92. The van der Waals surface area contributed by atoms with E-state index < -0.39 is 18.6 Å². The second-order valence-electron chi connectivity index (χ2n) is 7.64. The number of aromatic nitrogens is 1. The molecule has 1 aliphatic rings. The Bertz CT molecular complexity index is 1510. The number of alkyl halides is 2. The normalized spacial score (nSPS) is 15.5. The van der Waals surface area contributed by atoms with E-state index in [2.05, 4.69) is 25.7 Å². The van der Waals surface area contributed by atoms with Crippen molar-refractivity contribution in [3.05, 3.63) is 89.0 Å². The Morgan fingerprint density at radius 2 is 1.94 bits per heavy atom. The summed E-state index contributed by atoms with van der Waals surface area (Å²) in [7, 11) is 1.34. The Balaban J connectivity index is 1.88. The number of carbonyl (C=O) groups excluding carboxylic acids is 1. The molecule has 4 rings (SSSR count). The van der Waals surface area contributed by atoms with Gasteiger partial charge in [-0.25, -0.2) is 9.79 Å². The number of thiazole rings is 1. The van der Waals surface area contributed by atoms with E-state index in [4.69, 9.17) is 9.47 Å². The van der Waals surface area contributed by atoms with Crippen LogP contribution in [0.25, 0.3) is 6.08 Å².